The third-order valence-corrected chi connectivity index (χ3v) is 5.43. The van der Waals surface area contributed by atoms with Gasteiger partial charge in [-0.05, 0) is 67.1 Å². The Morgan fingerprint density at radius 2 is 1.74 bits per heavy atom. The highest BCUT2D eigenvalue weighted by molar-refractivity contribution is 6.35. The molecule has 0 heterocycles. The number of anilines is 1. The summed E-state index contributed by atoms with van der Waals surface area (Å²) in [7, 11) is 1.50. The van der Waals surface area contributed by atoms with Crippen molar-refractivity contribution in [3.63, 3.8) is 0 Å². The fourth-order valence-electron chi connectivity index (χ4n) is 3.03. The molecule has 0 radical (unpaired) electrons. The van der Waals surface area contributed by atoms with Crippen LogP contribution in [0.3, 0.4) is 0 Å². The number of carbonyl (C=O) groups is 1. The lowest BCUT2D eigenvalue weighted by atomic mass is 10.1. The Balaban J connectivity index is 1.74. The molecule has 0 aliphatic carbocycles. The van der Waals surface area contributed by atoms with Crippen molar-refractivity contribution in [2.45, 2.75) is 13.5 Å². The summed E-state index contributed by atoms with van der Waals surface area (Å²) in [6, 6.07) is 19.1. The standard InChI is InChI=1S/C26H22Cl2N2O4/c1-3-33-20-10-8-19(9-11-20)30-26(31)18(15-29)13-17-7-12-24(25(14-17)32-2)34-16-21-22(27)5-4-6-23(21)28/h4-14H,3,16H2,1-2H3,(H,30,31)/b18-13-. The van der Waals surface area contributed by atoms with E-state index in [2.05, 4.69) is 5.32 Å². The number of nitrogens with one attached hydrogen (secondary N) is 1. The molecule has 1 amide bonds. The molecule has 0 aromatic heterocycles. The molecule has 174 valence electrons. The number of amides is 1. The molecule has 0 bridgehead atoms. The van der Waals surface area contributed by atoms with Crippen molar-refractivity contribution < 1.29 is 19.0 Å². The number of nitrogens with zero attached hydrogens (tertiary/aromatic N) is 1. The monoisotopic (exact) mass is 496 g/mol. The molecule has 3 rings (SSSR count). The molecule has 1 N–H and O–H groups in total. The Bertz CT molecular complexity index is 1210. The molecule has 8 heteroatoms. The fraction of sp³-hybridized carbons (Fsp3) is 0.154. The van der Waals surface area contributed by atoms with Crippen molar-refractivity contribution in [1.29, 1.82) is 5.26 Å². The highest BCUT2D eigenvalue weighted by Crippen LogP contribution is 2.32. The molecule has 0 aliphatic rings. The number of ether oxygens (including phenoxy) is 3. The number of halogens is 2. The van der Waals surface area contributed by atoms with Gasteiger partial charge in [-0.25, -0.2) is 0 Å². The average Bonchev–Trinajstić information content (AvgIpc) is 2.84. The largest absolute Gasteiger partial charge is 0.494 e. The third-order valence-electron chi connectivity index (χ3n) is 4.72. The number of hydrogen-bond donors (Lipinski definition) is 1. The van der Waals surface area contributed by atoms with Gasteiger partial charge in [0.05, 0.1) is 13.7 Å². The average molecular weight is 497 g/mol. The van der Waals surface area contributed by atoms with E-state index in [1.165, 1.54) is 13.2 Å². The number of nitriles is 1. The van der Waals surface area contributed by atoms with Crippen molar-refractivity contribution in [2.24, 2.45) is 0 Å². The summed E-state index contributed by atoms with van der Waals surface area (Å²) in [4.78, 5) is 12.6. The van der Waals surface area contributed by atoms with Gasteiger partial charge in [-0.3, -0.25) is 4.79 Å². The second-order valence-electron chi connectivity index (χ2n) is 6.98. The fourth-order valence-corrected chi connectivity index (χ4v) is 3.53. The van der Waals surface area contributed by atoms with Crippen LogP contribution in [0.15, 0.2) is 66.2 Å². The first-order chi connectivity index (χ1) is 16.4. The Kier molecular flexibility index (Phi) is 8.80. The highest BCUT2D eigenvalue weighted by Gasteiger charge is 2.13. The lowest BCUT2D eigenvalue weighted by Crippen LogP contribution is -2.13. The molecule has 34 heavy (non-hydrogen) atoms. The van der Waals surface area contributed by atoms with Gasteiger partial charge in [0.1, 0.15) is 24.0 Å². The van der Waals surface area contributed by atoms with E-state index in [9.17, 15) is 10.1 Å². The van der Waals surface area contributed by atoms with Crippen LogP contribution in [0.25, 0.3) is 6.08 Å². The maximum atomic E-state index is 12.6. The minimum atomic E-state index is -0.528. The highest BCUT2D eigenvalue weighted by atomic mass is 35.5. The maximum Gasteiger partial charge on any atom is 0.266 e. The minimum absolute atomic E-state index is 0.0625. The lowest BCUT2D eigenvalue weighted by Gasteiger charge is -2.13. The molecular formula is C26H22Cl2N2O4. The van der Waals surface area contributed by atoms with Crippen molar-refractivity contribution in [3.8, 4) is 23.3 Å². The molecule has 6 nitrogen and oxygen atoms in total. The van der Waals surface area contributed by atoms with E-state index in [1.807, 2.05) is 13.0 Å². The Morgan fingerprint density at radius 3 is 2.35 bits per heavy atom. The summed E-state index contributed by atoms with van der Waals surface area (Å²) < 4.78 is 16.7. The number of hydrogen-bond acceptors (Lipinski definition) is 5. The molecule has 0 saturated heterocycles. The van der Waals surface area contributed by atoms with Crippen LogP contribution in [0, 0.1) is 11.3 Å². The minimum Gasteiger partial charge on any atom is -0.494 e. The zero-order valence-electron chi connectivity index (χ0n) is 18.6. The number of methoxy groups -OCH3 is 1. The van der Waals surface area contributed by atoms with Crippen LogP contribution < -0.4 is 19.5 Å². The van der Waals surface area contributed by atoms with Gasteiger partial charge >= 0.3 is 0 Å². The van der Waals surface area contributed by atoms with Gasteiger partial charge in [-0.1, -0.05) is 35.3 Å². The SMILES string of the molecule is CCOc1ccc(NC(=O)/C(C#N)=C\c2ccc(OCc3c(Cl)cccc3Cl)c(OC)c2)cc1. The van der Waals surface area contributed by atoms with E-state index in [0.29, 0.717) is 50.7 Å². The van der Waals surface area contributed by atoms with Crippen LogP contribution in [0.4, 0.5) is 5.69 Å². The Labute approximate surface area is 208 Å². The van der Waals surface area contributed by atoms with E-state index < -0.39 is 5.91 Å². The second-order valence-corrected chi connectivity index (χ2v) is 7.79. The lowest BCUT2D eigenvalue weighted by molar-refractivity contribution is -0.112. The van der Waals surface area contributed by atoms with Gasteiger partial charge < -0.3 is 19.5 Å². The maximum absolute atomic E-state index is 12.6. The zero-order valence-corrected chi connectivity index (χ0v) is 20.1. The summed E-state index contributed by atoms with van der Waals surface area (Å²) in [6.45, 7) is 2.59. The molecule has 0 atom stereocenters. The zero-order chi connectivity index (χ0) is 24.5. The van der Waals surface area contributed by atoms with Gasteiger partial charge in [-0.15, -0.1) is 0 Å². The van der Waals surface area contributed by atoms with E-state index >= 15 is 0 Å². The molecular weight excluding hydrogens is 475 g/mol. The first-order valence-electron chi connectivity index (χ1n) is 10.3. The smallest absolute Gasteiger partial charge is 0.266 e. The van der Waals surface area contributed by atoms with Crippen molar-refractivity contribution in [3.05, 3.63) is 87.4 Å². The number of rotatable bonds is 9. The Morgan fingerprint density at radius 1 is 1.03 bits per heavy atom. The second kappa shape index (κ2) is 12.0. The van der Waals surface area contributed by atoms with E-state index in [-0.39, 0.29) is 12.2 Å². The summed E-state index contributed by atoms with van der Waals surface area (Å²) >= 11 is 12.4. The topological polar surface area (TPSA) is 80.6 Å². The number of carbonyl (C=O) groups excluding carboxylic acids is 1. The van der Waals surface area contributed by atoms with Gasteiger partial charge in [0.15, 0.2) is 11.5 Å². The van der Waals surface area contributed by atoms with E-state index in [4.69, 9.17) is 37.4 Å². The van der Waals surface area contributed by atoms with Crippen LogP contribution in [-0.2, 0) is 11.4 Å². The molecule has 0 unspecified atom stereocenters. The van der Waals surface area contributed by atoms with Crippen LogP contribution in [0.1, 0.15) is 18.1 Å². The van der Waals surface area contributed by atoms with Crippen molar-refractivity contribution in [2.75, 3.05) is 19.0 Å². The first kappa shape index (κ1) is 25.0. The Hall–Kier alpha value is -3.66. The summed E-state index contributed by atoms with van der Waals surface area (Å²) in [5.74, 6) is 1.07. The van der Waals surface area contributed by atoms with Gasteiger partial charge in [0.25, 0.3) is 5.91 Å². The normalized spacial score (nSPS) is 10.9. The molecule has 0 aliphatic heterocycles. The quantitative estimate of drug-likeness (QED) is 0.269. The molecule has 0 fully saturated rings. The summed E-state index contributed by atoms with van der Waals surface area (Å²) in [6.07, 6.45) is 1.47. The van der Waals surface area contributed by atoms with Crippen molar-refractivity contribution in [1.82, 2.24) is 0 Å². The summed E-state index contributed by atoms with van der Waals surface area (Å²) in [5.41, 5.74) is 1.74. The van der Waals surface area contributed by atoms with E-state index in [0.717, 1.165) is 0 Å². The predicted molar refractivity (Wildman–Crippen MR) is 134 cm³/mol. The van der Waals surface area contributed by atoms with Crippen LogP contribution in [-0.4, -0.2) is 19.6 Å². The van der Waals surface area contributed by atoms with Gasteiger partial charge in [0, 0.05) is 21.3 Å². The van der Waals surface area contributed by atoms with Crippen LogP contribution in [0.2, 0.25) is 10.0 Å². The van der Waals surface area contributed by atoms with Crippen LogP contribution >= 0.6 is 23.2 Å². The molecule has 0 spiro atoms. The first-order valence-corrected chi connectivity index (χ1v) is 11.1. The van der Waals surface area contributed by atoms with Gasteiger partial charge in [-0.2, -0.15) is 5.26 Å². The molecule has 3 aromatic carbocycles. The number of benzene rings is 3. The molecule has 3 aromatic rings. The predicted octanol–water partition coefficient (Wildman–Crippen LogP) is 6.53. The third kappa shape index (κ3) is 6.44. The van der Waals surface area contributed by atoms with E-state index in [1.54, 1.807) is 60.7 Å². The van der Waals surface area contributed by atoms with Crippen LogP contribution in [0.5, 0.6) is 17.2 Å². The molecule has 0 saturated carbocycles. The van der Waals surface area contributed by atoms with Gasteiger partial charge in [0.2, 0.25) is 0 Å². The van der Waals surface area contributed by atoms with Crippen molar-refractivity contribution >= 4 is 40.9 Å². The summed E-state index contributed by atoms with van der Waals surface area (Å²) in [5, 5.41) is 13.2.